The van der Waals surface area contributed by atoms with Crippen LogP contribution in [-0.2, 0) is 0 Å². The van der Waals surface area contributed by atoms with Gasteiger partial charge < -0.3 is 15.8 Å². The van der Waals surface area contributed by atoms with Crippen molar-refractivity contribution in [2.45, 2.75) is 6.92 Å². The average molecular weight is 324 g/mol. The van der Waals surface area contributed by atoms with E-state index in [1.165, 1.54) is 19.2 Å². The van der Waals surface area contributed by atoms with Crippen LogP contribution < -0.4 is 15.8 Å². The maximum Gasteiger partial charge on any atom is 0.257 e. The van der Waals surface area contributed by atoms with E-state index in [1.54, 1.807) is 18.3 Å². The fourth-order valence-corrected chi connectivity index (χ4v) is 2.54. The number of rotatable bonds is 4. The second-order valence-electron chi connectivity index (χ2n) is 5.38. The number of nitrogens with two attached hydrogens (primary N) is 1. The fraction of sp³-hybridized carbons (Fsp3) is 0.118. The minimum absolute atomic E-state index is 0.280. The zero-order valence-corrected chi connectivity index (χ0v) is 13.2. The van der Waals surface area contributed by atoms with Crippen molar-refractivity contribution < 1.29 is 14.3 Å². The number of H-pyrrole nitrogens is 1. The molecule has 0 atom stereocenters. The van der Waals surface area contributed by atoms with E-state index in [0.717, 1.165) is 10.9 Å². The molecule has 7 nitrogen and oxygen atoms in total. The van der Waals surface area contributed by atoms with Crippen LogP contribution in [0, 0.1) is 6.92 Å². The molecule has 0 aliphatic heterocycles. The molecule has 0 aliphatic rings. The Bertz CT molecular complexity index is 946. The van der Waals surface area contributed by atoms with Crippen LogP contribution in [0.25, 0.3) is 10.9 Å². The molecule has 1 heterocycles. The summed E-state index contributed by atoms with van der Waals surface area (Å²) < 4.78 is 5.23. The van der Waals surface area contributed by atoms with E-state index in [-0.39, 0.29) is 11.5 Å². The first-order chi connectivity index (χ1) is 11.5. The number of fused-ring (bicyclic) bond motifs is 1. The molecule has 4 N–H and O–H groups in total. The number of ether oxygens (including phenoxy) is 1. The number of anilines is 1. The number of aromatic amines is 1. The molecular formula is C17H16N4O3. The normalized spacial score (nSPS) is 10.6. The first-order valence-corrected chi connectivity index (χ1v) is 7.22. The number of amides is 2. The molecule has 0 spiro atoms. The number of aromatic nitrogens is 2. The first kappa shape index (κ1) is 15.5. The van der Waals surface area contributed by atoms with E-state index < -0.39 is 5.91 Å². The number of nitrogens with zero attached hydrogens (tertiary/aromatic N) is 1. The van der Waals surface area contributed by atoms with E-state index in [1.807, 2.05) is 13.0 Å². The molecular weight excluding hydrogens is 308 g/mol. The Hall–Kier alpha value is -3.35. The molecule has 24 heavy (non-hydrogen) atoms. The van der Waals surface area contributed by atoms with Gasteiger partial charge >= 0.3 is 0 Å². The van der Waals surface area contributed by atoms with Gasteiger partial charge in [0.05, 0.1) is 30.1 Å². The number of carbonyl (C=O) groups is 2. The third kappa shape index (κ3) is 2.79. The summed E-state index contributed by atoms with van der Waals surface area (Å²) in [6.45, 7) is 1.90. The zero-order chi connectivity index (χ0) is 17.3. The lowest BCUT2D eigenvalue weighted by Crippen LogP contribution is -2.15. The molecule has 2 amide bonds. The highest BCUT2D eigenvalue weighted by molar-refractivity contribution is 6.12. The third-order valence-corrected chi connectivity index (χ3v) is 3.67. The van der Waals surface area contributed by atoms with Crippen molar-refractivity contribution in [1.82, 2.24) is 10.2 Å². The highest BCUT2D eigenvalue weighted by Gasteiger charge is 2.16. The Balaban J connectivity index is 2.01. The number of carbonyl (C=O) groups excluding carboxylic acids is 2. The summed E-state index contributed by atoms with van der Waals surface area (Å²) in [6.07, 6.45) is 1.66. The second-order valence-corrected chi connectivity index (χ2v) is 5.38. The van der Waals surface area contributed by atoms with Crippen molar-refractivity contribution in [1.29, 1.82) is 0 Å². The molecule has 7 heteroatoms. The van der Waals surface area contributed by atoms with Gasteiger partial charge in [0.15, 0.2) is 0 Å². The molecule has 1 aromatic heterocycles. The third-order valence-electron chi connectivity index (χ3n) is 3.67. The van der Waals surface area contributed by atoms with Crippen LogP contribution in [0.4, 0.5) is 5.69 Å². The summed E-state index contributed by atoms with van der Waals surface area (Å²) in [5.74, 6) is -0.491. The highest BCUT2D eigenvalue weighted by Crippen LogP contribution is 2.27. The van der Waals surface area contributed by atoms with Crippen molar-refractivity contribution in [3.63, 3.8) is 0 Å². The van der Waals surface area contributed by atoms with Crippen LogP contribution in [0.5, 0.6) is 5.75 Å². The summed E-state index contributed by atoms with van der Waals surface area (Å²) in [5.41, 5.74) is 7.97. The molecule has 0 saturated carbocycles. The summed E-state index contributed by atoms with van der Waals surface area (Å²) in [6, 6.07) is 8.30. The van der Waals surface area contributed by atoms with Crippen LogP contribution in [-0.4, -0.2) is 29.1 Å². The lowest BCUT2D eigenvalue weighted by Gasteiger charge is -2.12. The summed E-state index contributed by atoms with van der Waals surface area (Å²) in [7, 11) is 1.48. The van der Waals surface area contributed by atoms with E-state index in [0.29, 0.717) is 22.5 Å². The smallest absolute Gasteiger partial charge is 0.257 e. The quantitative estimate of drug-likeness (QED) is 0.683. The number of hydrogen-bond acceptors (Lipinski definition) is 4. The minimum Gasteiger partial charge on any atom is -0.495 e. The number of aryl methyl sites for hydroxylation is 1. The van der Waals surface area contributed by atoms with Gasteiger partial charge in [-0.3, -0.25) is 14.7 Å². The molecule has 0 aliphatic carbocycles. The summed E-state index contributed by atoms with van der Waals surface area (Å²) in [5, 5.41) is 10.4. The van der Waals surface area contributed by atoms with Crippen LogP contribution in [0.1, 0.15) is 26.3 Å². The number of hydrogen-bond donors (Lipinski definition) is 3. The van der Waals surface area contributed by atoms with Gasteiger partial charge in [-0.2, -0.15) is 5.10 Å². The molecule has 0 saturated heterocycles. The standard InChI is InChI=1S/C17H16N4O3/c1-9-5-11-8-19-21-15(11)12(6-9)17(23)20-13-7-10(16(18)22)3-4-14(13)24-2/h3-8H,1-2H3,(H2,18,22)(H,19,21)(H,20,23). The second kappa shape index (κ2) is 6.04. The molecule has 122 valence electrons. The maximum atomic E-state index is 12.7. The number of primary amides is 1. The Labute approximate surface area is 137 Å². The predicted octanol–water partition coefficient (Wildman–Crippen LogP) is 2.23. The summed E-state index contributed by atoms with van der Waals surface area (Å²) in [4.78, 5) is 24.0. The molecule has 3 aromatic rings. The van der Waals surface area contributed by atoms with Crippen molar-refractivity contribution in [3.8, 4) is 5.75 Å². The number of nitrogens with one attached hydrogen (secondary N) is 2. The molecule has 0 bridgehead atoms. The molecule has 0 fully saturated rings. The Kier molecular flexibility index (Phi) is 3.91. The van der Waals surface area contributed by atoms with Gasteiger partial charge in [-0.1, -0.05) is 0 Å². The van der Waals surface area contributed by atoms with E-state index in [2.05, 4.69) is 15.5 Å². The van der Waals surface area contributed by atoms with Crippen LogP contribution in [0.3, 0.4) is 0 Å². The van der Waals surface area contributed by atoms with E-state index in [9.17, 15) is 9.59 Å². The van der Waals surface area contributed by atoms with Crippen molar-refractivity contribution in [3.05, 3.63) is 53.2 Å². The number of methoxy groups -OCH3 is 1. The topological polar surface area (TPSA) is 110 Å². The lowest BCUT2D eigenvalue weighted by atomic mass is 10.1. The Morgan fingerprint density at radius 3 is 2.75 bits per heavy atom. The number of benzene rings is 2. The van der Waals surface area contributed by atoms with Gasteiger partial charge in [0.25, 0.3) is 5.91 Å². The van der Waals surface area contributed by atoms with Gasteiger partial charge in [-0.05, 0) is 42.8 Å². The predicted molar refractivity (Wildman–Crippen MR) is 90.3 cm³/mol. The van der Waals surface area contributed by atoms with Crippen molar-refractivity contribution in [2.24, 2.45) is 5.73 Å². The largest absolute Gasteiger partial charge is 0.495 e. The fourth-order valence-electron chi connectivity index (χ4n) is 2.54. The van der Waals surface area contributed by atoms with Gasteiger partial charge in [-0.25, -0.2) is 0 Å². The van der Waals surface area contributed by atoms with Crippen molar-refractivity contribution in [2.75, 3.05) is 12.4 Å². The SMILES string of the molecule is COc1ccc(C(N)=O)cc1NC(=O)c1cc(C)cc2cn[nH]c12. The maximum absolute atomic E-state index is 12.7. The van der Waals surface area contributed by atoms with Crippen molar-refractivity contribution >= 4 is 28.4 Å². The molecule has 0 unspecified atom stereocenters. The average Bonchev–Trinajstić information content (AvgIpc) is 3.01. The van der Waals surface area contributed by atoms with Crippen LogP contribution in [0.2, 0.25) is 0 Å². The molecule has 3 rings (SSSR count). The molecule has 2 aromatic carbocycles. The molecule has 0 radical (unpaired) electrons. The Morgan fingerprint density at radius 2 is 2.04 bits per heavy atom. The van der Waals surface area contributed by atoms with Gasteiger partial charge in [-0.15, -0.1) is 0 Å². The monoisotopic (exact) mass is 324 g/mol. The van der Waals surface area contributed by atoms with E-state index in [4.69, 9.17) is 10.5 Å². The van der Waals surface area contributed by atoms with Gasteiger partial charge in [0.1, 0.15) is 5.75 Å². The minimum atomic E-state index is -0.584. The highest BCUT2D eigenvalue weighted by atomic mass is 16.5. The van der Waals surface area contributed by atoms with Crippen LogP contribution in [0.15, 0.2) is 36.5 Å². The lowest BCUT2D eigenvalue weighted by molar-refractivity contribution is 0.0996. The van der Waals surface area contributed by atoms with Gasteiger partial charge in [0, 0.05) is 10.9 Å². The summed E-state index contributed by atoms with van der Waals surface area (Å²) >= 11 is 0. The zero-order valence-electron chi connectivity index (χ0n) is 13.2. The van der Waals surface area contributed by atoms with Gasteiger partial charge in [0.2, 0.25) is 5.91 Å². The Morgan fingerprint density at radius 1 is 1.25 bits per heavy atom. The first-order valence-electron chi connectivity index (χ1n) is 7.22. The van der Waals surface area contributed by atoms with E-state index >= 15 is 0 Å². The van der Waals surface area contributed by atoms with Crippen LogP contribution >= 0.6 is 0 Å².